The molecule has 34 heavy (non-hydrogen) atoms. The number of carbonyl (C=O) groups is 2. The van der Waals surface area contributed by atoms with E-state index in [0.717, 1.165) is 0 Å². The highest BCUT2D eigenvalue weighted by molar-refractivity contribution is 6.04. The Bertz CT molecular complexity index is 900. The predicted molar refractivity (Wildman–Crippen MR) is 122 cm³/mol. The Balaban J connectivity index is 1.99. The third-order valence-corrected chi connectivity index (χ3v) is 7.10. The molecule has 0 amide bonds. The van der Waals surface area contributed by atoms with Crippen molar-refractivity contribution in [2.45, 2.75) is 89.7 Å². The van der Waals surface area contributed by atoms with Crippen molar-refractivity contribution in [1.82, 2.24) is 0 Å². The predicted octanol–water partition coefficient (Wildman–Crippen LogP) is 2.87. The first-order chi connectivity index (χ1) is 16.1. The molecule has 1 spiro atoms. The van der Waals surface area contributed by atoms with Gasteiger partial charge in [-0.2, -0.15) is 0 Å². The second kappa shape index (κ2) is 10.3. The second-order valence-electron chi connectivity index (χ2n) is 9.55. The molecular weight excluding hydrogens is 444 g/mol. The molecule has 2 heterocycles. The molecule has 3 rings (SSSR count). The summed E-state index contributed by atoms with van der Waals surface area (Å²) in [5, 5.41) is 42.7. The van der Waals surface area contributed by atoms with Gasteiger partial charge >= 0.3 is 0 Å². The van der Waals surface area contributed by atoms with Crippen LogP contribution in [0.4, 0.5) is 0 Å². The fourth-order valence-corrected chi connectivity index (χ4v) is 5.26. The van der Waals surface area contributed by atoms with Gasteiger partial charge in [0.25, 0.3) is 0 Å². The highest BCUT2D eigenvalue weighted by Gasteiger charge is 2.68. The van der Waals surface area contributed by atoms with E-state index in [9.17, 15) is 30.0 Å². The fraction of sp³-hybridized carbons (Fsp3) is 0.680. The average Bonchev–Trinajstić information content (AvgIpc) is 3.53. The number of phenols is 2. The summed E-state index contributed by atoms with van der Waals surface area (Å²) in [5.74, 6) is -2.47. The molecule has 2 aliphatic heterocycles. The van der Waals surface area contributed by atoms with E-state index in [-0.39, 0.29) is 35.1 Å². The summed E-state index contributed by atoms with van der Waals surface area (Å²) >= 11 is 0. The summed E-state index contributed by atoms with van der Waals surface area (Å²) in [6, 6.07) is 1.35. The van der Waals surface area contributed by atoms with Crippen molar-refractivity contribution < 1.29 is 44.2 Å². The van der Waals surface area contributed by atoms with Gasteiger partial charge in [-0.05, 0) is 24.8 Å². The van der Waals surface area contributed by atoms with Crippen molar-refractivity contribution in [3.63, 3.8) is 0 Å². The Kier molecular flexibility index (Phi) is 8.04. The summed E-state index contributed by atoms with van der Waals surface area (Å²) in [4.78, 5) is 25.4. The van der Waals surface area contributed by atoms with Crippen LogP contribution in [0.1, 0.15) is 85.8 Å². The van der Waals surface area contributed by atoms with Gasteiger partial charge < -0.3 is 34.6 Å². The summed E-state index contributed by atoms with van der Waals surface area (Å²) in [7, 11) is 1.46. The lowest BCUT2D eigenvalue weighted by molar-refractivity contribution is -0.239. The van der Waals surface area contributed by atoms with Crippen molar-refractivity contribution in [3.8, 4) is 11.5 Å². The molecule has 0 aromatic heterocycles. The summed E-state index contributed by atoms with van der Waals surface area (Å²) in [5.41, 5.74) is -1.48. The van der Waals surface area contributed by atoms with E-state index in [1.807, 2.05) is 27.7 Å². The SMILES string of the molecule is CCCC(C(=O)c1cc(C(OC)C(C)C)c(O)c(C=O)c1O)[C@H]1C[C@@H](O)[C@]2(O[C@H]2CC)[C@H](O)O1. The number of phenolic OH excluding ortho intramolecular Hbond substituents is 2. The van der Waals surface area contributed by atoms with Crippen molar-refractivity contribution >= 4 is 12.1 Å². The Morgan fingerprint density at radius 3 is 2.41 bits per heavy atom. The fourth-order valence-electron chi connectivity index (χ4n) is 5.26. The van der Waals surface area contributed by atoms with Gasteiger partial charge in [0.2, 0.25) is 0 Å². The topological polar surface area (TPSA) is 146 Å². The van der Waals surface area contributed by atoms with Gasteiger partial charge in [0.15, 0.2) is 24.0 Å². The molecule has 190 valence electrons. The third-order valence-electron chi connectivity index (χ3n) is 7.10. The monoisotopic (exact) mass is 480 g/mol. The van der Waals surface area contributed by atoms with E-state index in [0.29, 0.717) is 25.5 Å². The molecule has 1 aromatic carbocycles. The van der Waals surface area contributed by atoms with Crippen molar-refractivity contribution in [1.29, 1.82) is 0 Å². The lowest BCUT2D eigenvalue weighted by Crippen LogP contribution is -2.55. The van der Waals surface area contributed by atoms with Crippen LogP contribution in [0, 0.1) is 11.8 Å². The molecule has 7 atom stereocenters. The Morgan fingerprint density at radius 1 is 1.26 bits per heavy atom. The lowest BCUT2D eigenvalue weighted by atomic mass is 9.80. The maximum atomic E-state index is 13.7. The van der Waals surface area contributed by atoms with Crippen molar-refractivity contribution in [2.24, 2.45) is 11.8 Å². The summed E-state index contributed by atoms with van der Waals surface area (Å²) < 4.78 is 16.8. The number of epoxide rings is 1. The minimum atomic E-state index is -1.40. The molecule has 0 saturated carbocycles. The van der Waals surface area contributed by atoms with E-state index >= 15 is 0 Å². The molecule has 0 aliphatic carbocycles. The number of carbonyl (C=O) groups excluding carboxylic acids is 2. The average molecular weight is 481 g/mol. The quantitative estimate of drug-likeness (QED) is 0.225. The van der Waals surface area contributed by atoms with Crippen LogP contribution >= 0.6 is 0 Å². The number of Topliss-reactive ketones (excluding diaryl/α,β-unsaturated/α-hetero) is 1. The molecule has 9 nitrogen and oxygen atoms in total. The van der Waals surface area contributed by atoms with E-state index in [1.54, 1.807) is 0 Å². The highest BCUT2D eigenvalue weighted by atomic mass is 16.7. The number of aldehydes is 1. The Morgan fingerprint density at radius 2 is 1.94 bits per heavy atom. The van der Waals surface area contributed by atoms with Gasteiger partial charge in [-0.1, -0.05) is 34.1 Å². The minimum absolute atomic E-state index is 0.0723. The van der Waals surface area contributed by atoms with Gasteiger partial charge in [-0.3, -0.25) is 9.59 Å². The van der Waals surface area contributed by atoms with Gasteiger partial charge in [-0.25, -0.2) is 0 Å². The number of hydrogen-bond acceptors (Lipinski definition) is 9. The van der Waals surface area contributed by atoms with Crippen LogP contribution in [-0.4, -0.2) is 69.8 Å². The molecule has 4 N–H and O–H groups in total. The van der Waals surface area contributed by atoms with Crippen LogP contribution in [-0.2, 0) is 14.2 Å². The number of rotatable bonds is 10. The van der Waals surface area contributed by atoms with Gasteiger partial charge in [0.05, 0.1) is 35.5 Å². The first kappa shape index (κ1) is 26.6. The molecule has 0 bridgehead atoms. The molecular formula is C25H36O9. The molecule has 1 aromatic rings. The zero-order valence-electron chi connectivity index (χ0n) is 20.4. The maximum absolute atomic E-state index is 13.7. The van der Waals surface area contributed by atoms with Gasteiger partial charge in [0, 0.05) is 25.0 Å². The van der Waals surface area contributed by atoms with Gasteiger partial charge in [-0.15, -0.1) is 0 Å². The van der Waals surface area contributed by atoms with Crippen LogP contribution in [0.3, 0.4) is 0 Å². The van der Waals surface area contributed by atoms with Crippen LogP contribution in [0.15, 0.2) is 6.07 Å². The zero-order valence-corrected chi connectivity index (χ0v) is 20.4. The van der Waals surface area contributed by atoms with Crippen molar-refractivity contribution in [2.75, 3.05) is 7.11 Å². The number of aliphatic hydroxyl groups excluding tert-OH is 2. The normalized spacial score (nSPS) is 30.4. The van der Waals surface area contributed by atoms with E-state index in [4.69, 9.17) is 14.2 Å². The number of hydrogen-bond donors (Lipinski definition) is 4. The van der Waals surface area contributed by atoms with E-state index < -0.39 is 53.4 Å². The number of aromatic hydroxyl groups is 2. The van der Waals surface area contributed by atoms with Crippen molar-refractivity contribution in [3.05, 3.63) is 22.8 Å². The van der Waals surface area contributed by atoms with Crippen LogP contribution in [0.25, 0.3) is 0 Å². The van der Waals surface area contributed by atoms with Crippen LogP contribution < -0.4 is 0 Å². The van der Waals surface area contributed by atoms with E-state index in [1.165, 1.54) is 13.2 Å². The Hall–Kier alpha value is -2.04. The number of methoxy groups -OCH3 is 1. The molecule has 9 heteroatoms. The standard InChI is InChI=1S/C25H36O9/c1-6-8-13(17-10-18(27)25(24(31)33-17)19(7-2)34-25)20(28)14-9-15(23(32-5)12(3)4)22(30)16(11-26)21(14)29/h9,11-13,17-19,23-24,27,29-31H,6-8,10H2,1-5H3/t13?,17-,18-,19+,23?,24-,25-/m1/s1. The largest absolute Gasteiger partial charge is 0.507 e. The highest BCUT2D eigenvalue weighted by Crippen LogP contribution is 2.50. The molecule has 2 fully saturated rings. The first-order valence-corrected chi connectivity index (χ1v) is 11.9. The second-order valence-corrected chi connectivity index (χ2v) is 9.55. The smallest absolute Gasteiger partial charge is 0.189 e. The zero-order chi connectivity index (χ0) is 25.4. The first-order valence-electron chi connectivity index (χ1n) is 11.9. The Labute approximate surface area is 199 Å². The number of aliphatic hydroxyl groups is 2. The van der Waals surface area contributed by atoms with E-state index in [2.05, 4.69) is 0 Å². The minimum Gasteiger partial charge on any atom is -0.507 e. The maximum Gasteiger partial charge on any atom is 0.189 e. The lowest BCUT2D eigenvalue weighted by Gasteiger charge is -2.39. The molecule has 2 aliphatic rings. The third kappa shape index (κ3) is 4.35. The van der Waals surface area contributed by atoms with Crippen LogP contribution in [0.2, 0.25) is 0 Å². The molecule has 2 unspecified atom stereocenters. The van der Waals surface area contributed by atoms with Gasteiger partial charge in [0.1, 0.15) is 11.5 Å². The summed E-state index contributed by atoms with van der Waals surface area (Å²) in [6.07, 6.45) is -2.25. The van der Waals surface area contributed by atoms with Crippen LogP contribution in [0.5, 0.6) is 11.5 Å². The number of ketones is 1. The summed E-state index contributed by atoms with van der Waals surface area (Å²) in [6.45, 7) is 7.49. The number of benzene rings is 1. The number of ether oxygens (including phenoxy) is 3. The molecule has 0 radical (unpaired) electrons. The molecule has 2 saturated heterocycles.